The zero-order chi connectivity index (χ0) is 8.48. The number of halogens is 1. The summed E-state index contributed by atoms with van der Waals surface area (Å²) < 4.78 is 34.0. The van der Waals surface area contributed by atoms with Crippen LogP contribution in [0, 0.1) is 0 Å². The largest absolute Gasteiger partial charge is 0.223 e. The van der Waals surface area contributed by atoms with Gasteiger partial charge in [-0.25, -0.2) is 13.4 Å². The minimum absolute atomic E-state index is 0.0579. The van der Waals surface area contributed by atoms with Crippen LogP contribution in [0.1, 0.15) is 12.8 Å². The summed E-state index contributed by atoms with van der Waals surface area (Å²) >= 11 is 0. The molecule has 0 aliphatic carbocycles. The van der Waals surface area contributed by atoms with Gasteiger partial charge in [0.2, 0.25) is 5.95 Å². The van der Waals surface area contributed by atoms with Crippen LogP contribution in [-0.2, 0) is 9.84 Å². The maximum absolute atomic E-state index is 12.4. The minimum Gasteiger partial charge on any atom is -0.223 e. The summed E-state index contributed by atoms with van der Waals surface area (Å²) in [4.78, 5) is 3.28. The van der Waals surface area contributed by atoms with Crippen molar-refractivity contribution in [3.8, 4) is 0 Å². The molecule has 0 spiro atoms. The third-order valence-corrected chi connectivity index (χ3v) is 2.48. The smallest absolute Gasteiger partial charge is 0.209 e. The second-order valence-electron chi connectivity index (χ2n) is 2.34. The lowest BCUT2D eigenvalue weighted by atomic mass is 10.3. The van der Waals surface area contributed by atoms with Gasteiger partial charge >= 0.3 is 0 Å². The van der Waals surface area contributed by atoms with Gasteiger partial charge in [-0.1, -0.05) is 0 Å². The van der Waals surface area contributed by atoms with Crippen molar-refractivity contribution in [2.45, 2.75) is 12.8 Å². The third kappa shape index (κ3) is 2.11. The summed E-state index contributed by atoms with van der Waals surface area (Å²) in [6.45, 7) is 0. The molecule has 0 N–H and O–H groups in total. The number of hydrogen-bond donors (Lipinski definition) is 0. The molecule has 3 nitrogen and oxygen atoms in total. The number of aliphatic imine (C=N–C) groups is 1. The molecule has 0 unspecified atom stereocenters. The second kappa shape index (κ2) is 2.73. The van der Waals surface area contributed by atoms with Crippen LogP contribution in [0.4, 0.5) is 4.39 Å². The predicted octanol–water partition coefficient (Wildman–Crippen LogP) is 1.03. The van der Waals surface area contributed by atoms with Gasteiger partial charge in [0.25, 0.3) is 0 Å². The Morgan fingerprint density at radius 3 is 2.64 bits per heavy atom. The van der Waals surface area contributed by atoms with Gasteiger partial charge in [-0.05, 0) is 12.5 Å². The first-order chi connectivity index (χ1) is 5.00. The Labute approximate surface area is 64.6 Å². The van der Waals surface area contributed by atoms with Crippen molar-refractivity contribution in [1.29, 1.82) is 0 Å². The lowest BCUT2D eigenvalue weighted by molar-refractivity contribution is 0.602. The molecule has 0 saturated carbocycles. The quantitative estimate of drug-likeness (QED) is 0.519. The van der Waals surface area contributed by atoms with Crippen LogP contribution in [0.15, 0.2) is 17.0 Å². The van der Waals surface area contributed by atoms with Gasteiger partial charge in [0, 0.05) is 12.7 Å². The van der Waals surface area contributed by atoms with E-state index in [0.29, 0.717) is 12.8 Å². The van der Waals surface area contributed by atoms with Crippen molar-refractivity contribution in [3.63, 3.8) is 0 Å². The number of rotatable bonds is 0. The Hall–Kier alpha value is -0.710. The molecule has 1 aliphatic heterocycles. The number of nitrogens with zero attached hydrogens (tertiary/aromatic N) is 1. The van der Waals surface area contributed by atoms with Crippen molar-refractivity contribution >= 4 is 14.9 Å². The molecule has 0 atom stereocenters. The fraction of sp³-hybridized carbons (Fsp3) is 0.500. The van der Waals surface area contributed by atoms with Crippen LogP contribution in [0.3, 0.4) is 0 Å². The number of hydrogen-bond acceptors (Lipinski definition) is 3. The summed E-state index contributed by atoms with van der Waals surface area (Å²) in [6, 6.07) is 0. The molecule has 0 amide bonds. The highest BCUT2D eigenvalue weighted by molar-refractivity contribution is 8.05. The molecule has 1 rings (SSSR count). The monoisotopic (exact) mass is 177 g/mol. The summed E-state index contributed by atoms with van der Waals surface area (Å²) in [5.41, 5.74) is 0. The highest BCUT2D eigenvalue weighted by Gasteiger charge is 2.16. The standard InChI is InChI=1S/C6H8FNO2S/c1-11(9,10)6-4-2-3-5(7)8-6/h3H,2,4H2,1H3. The van der Waals surface area contributed by atoms with Crippen molar-refractivity contribution in [1.82, 2.24) is 0 Å². The molecule has 62 valence electrons. The molecule has 0 aromatic rings. The average molecular weight is 177 g/mol. The Morgan fingerprint density at radius 1 is 1.64 bits per heavy atom. The van der Waals surface area contributed by atoms with Crippen molar-refractivity contribution in [3.05, 3.63) is 12.0 Å². The summed E-state index contributed by atoms with van der Waals surface area (Å²) in [6.07, 6.45) is 3.03. The first-order valence-electron chi connectivity index (χ1n) is 3.13. The van der Waals surface area contributed by atoms with Crippen LogP contribution in [0.2, 0.25) is 0 Å². The van der Waals surface area contributed by atoms with Crippen LogP contribution in [-0.4, -0.2) is 19.7 Å². The van der Waals surface area contributed by atoms with Crippen LogP contribution in [0.25, 0.3) is 0 Å². The second-order valence-corrected chi connectivity index (χ2v) is 4.36. The Kier molecular flexibility index (Phi) is 2.08. The van der Waals surface area contributed by atoms with Crippen LogP contribution < -0.4 is 0 Å². The SMILES string of the molecule is CS(=O)(=O)C1=NC(F)=CCC1. The van der Waals surface area contributed by atoms with E-state index in [9.17, 15) is 12.8 Å². The fourth-order valence-corrected chi connectivity index (χ4v) is 1.55. The van der Waals surface area contributed by atoms with E-state index in [-0.39, 0.29) is 5.04 Å². The number of allylic oxidation sites excluding steroid dienone is 1. The minimum atomic E-state index is -3.29. The van der Waals surface area contributed by atoms with E-state index in [0.717, 1.165) is 6.26 Å². The maximum Gasteiger partial charge on any atom is 0.209 e. The third-order valence-electron chi connectivity index (χ3n) is 1.33. The summed E-state index contributed by atoms with van der Waals surface area (Å²) in [7, 11) is -3.29. The van der Waals surface area contributed by atoms with E-state index in [1.807, 2.05) is 0 Å². The zero-order valence-corrected chi connectivity index (χ0v) is 6.86. The van der Waals surface area contributed by atoms with Crippen molar-refractivity contribution in [2.75, 3.05) is 6.26 Å². The lowest BCUT2D eigenvalue weighted by Crippen LogP contribution is -2.14. The fourth-order valence-electron chi connectivity index (χ4n) is 0.804. The van der Waals surface area contributed by atoms with Gasteiger partial charge in [-0.2, -0.15) is 4.39 Å². The molecule has 0 fully saturated rings. The van der Waals surface area contributed by atoms with E-state index in [4.69, 9.17) is 0 Å². The zero-order valence-electron chi connectivity index (χ0n) is 6.04. The molecule has 0 saturated heterocycles. The topological polar surface area (TPSA) is 46.5 Å². The van der Waals surface area contributed by atoms with Crippen LogP contribution >= 0.6 is 0 Å². The number of sulfone groups is 1. The normalized spacial score (nSPS) is 19.1. The average Bonchev–Trinajstić information content (AvgIpc) is 1.86. The molecule has 0 aromatic carbocycles. The van der Waals surface area contributed by atoms with Gasteiger partial charge in [0.15, 0.2) is 9.84 Å². The summed E-state index contributed by atoms with van der Waals surface area (Å²) in [5, 5.41) is -0.0579. The highest BCUT2D eigenvalue weighted by Crippen LogP contribution is 2.14. The molecule has 11 heavy (non-hydrogen) atoms. The lowest BCUT2D eigenvalue weighted by Gasteiger charge is -2.05. The Balaban J connectivity index is 3.00. The van der Waals surface area contributed by atoms with E-state index >= 15 is 0 Å². The predicted molar refractivity (Wildman–Crippen MR) is 40.7 cm³/mol. The molecule has 5 heteroatoms. The van der Waals surface area contributed by atoms with Gasteiger partial charge in [0.1, 0.15) is 5.04 Å². The van der Waals surface area contributed by atoms with Crippen molar-refractivity contribution < 1.29 is 12.8 Å². The Morgan fingerprint density at radius 2 is 2.27 bits per heavy atom. The summed E-state index contributed by atoms with van der Waals surface area (Å²) in [5.74, 6) is -0.698. The Bertz CT molecular complexity index is 315. The van der Waals surface area contributed by atoms with Crippen molar-refractivity contribution in [2.24, 2.45) is 4.99 Å². The van der Waals surface area contributed by atoms with Crippen LogP contribution in [0.5, 0.6) is 0 Å². The van der Waals surface area contributed by atoms with Gasteiger partial charge < -0.3 is 0 Å². The first-order valence-corrected chi connectivity index (χ1v) is 5.02. The molecule has 1 heterocycles. The van der Waals surface area contributed by atoms with Gasteiger partial charge in [-0.3, -0.25) is 0 Å². The highest BCUT2D eigenvalue weighted by atomic mass is 32.2. The molecule has 0 bridgehead atoms. The van der Waals surface area contributed by atoms with E-state index < -0.39 is 15.8 Å². The first kappa shape index (κ1) is 8.39. The van der Waals surface area contributed by atoms with E-state index in [2.05, 4.69) is 4.99 Å². The molecular formula is C6H8FNO2S. The molecule has 0 aromatic heterocycles. The molecule has 1 aliphatic rings. The van der Waals surface area contributed by atoms with Gasteiger partial charge in [-0.15, -0.1) is 0 Å². The van der Waals surface area contributed by atoms with E-state index in [1.54, 1.807) is 0 Å². The molecule has 0 radical (unpaired) electrons. The van der Waals surface area contributed by atoms with E-state index in [1.165, 1.54) is 6.08 Å². The van der Waals surface area contributed by atoms with Gasteiger partial charge in [0.05, 0.1) is 0 Å². The molecular weight excluding hydrogens is 169 g/mol. The maximum atomic E-state index is 12.4.